The number of urea groups is 1. The van der Waals surface area contributed by atoms with E-state index in [2.05, 4.69) is 10.2 Å². The minimum absolute atomic E-state index is 0.0366. The summed E-state index contributed by atoms with van der Waals surface area (Å²) in [6.07, 6.45) is 2.36. The lowest BCUT2D eigenvalue weighted by atomic mass is 10.2. The highest BCUT2D eigenvalue weighted by atomic mass is 35.5. The fourth-order valence-corrected chi connectivity index (χ4v) is 3.48. The van der Waals surface area contributed by atoms with Crippen LogP contribution in [0.2, 0.25) is 5.02 Å². The van der Waals surface area contributed by atoms with E-state index in [4.69, 9.17) is 11.6 Å². The molecule has 4 rings (SSSR count). The molecule has 0 bridgehead atoms. The highest BCUT2D eigenvalue weighted by Crippen LogP contribution is 2.42. The van der Waals surface area contributed by atoms with Crippen molar-refractivity contribution in [2.24, 2.45) is 0 Å². The van der Waals surface area contributed by atoms with Crippen molar-refractivity contribution in [3.8, 4) is 0 Å². The largest absolute Gasteiger partial charge is 0.369 e. The second-order valence-corrected chi connectivity index (χ2v) is 6.49. The fourth-order valence-electron chi connectivity index (χ4n) is 3.30. The quantitative estimate of drug-likeness (QED) is 0.850. The molecule has 3 amide bonds. The van der Waals surface area contributed by atoms with Gasteiger partial charge in [-0.25, -0.2) is 4.79 Å². The third-order valence-corrected chi connectivity index (χ3v) is 4.88. The molecule has 1 saturated carbocycles. The van der Waals surface area contributed by atoms with Crippen molar-refractivity contribution in [1.29, 1.82) is 0 Å². The molecule has 1 N–H and O–H groups in total. The molecule has 2 saturated heterocycles. The Balaban J connectivity index is 1.52. The predicted molar refractivity (Wildman–Crippen MR) is 79.4 cm³/mol. The lowest BCUT2D eigenvalue weighted by Crippen LogP contribution is -2.42. The zero-order valence-electron chi connectivity index (χ0n) is 11.5. The number of nitrogens with zero attached hydrogens (tertiary/aromatic N) is 2. The lowest BCUT2D eigenvalue weighted by Gasteiger charge is -2.23. The molecule has 1 spiro atoms. The van der Waals surface area contributed by atoms with Gasteiger partial charge in [-0.15, -0.1) is 0 Å². The molecule has 1 aliphatic carbocycles. The first-order chi connectivity index (χ1) is 10.1. The molecular weight excluding hydrogens is 290 g/mol. The number of hydrogen-bond acceptors (Lipinski definition) is 3. The fraction of sp³-hybridized carbons (Fsp3) is 0.467. The molecule has 21 heavy (non-hydrogen) atoms. The molecule has 0 radical (unpaired) electrons. The molecule has 3 fully saturated rings. The monoisotopic (exact) mass is 305 g/mol. The topological polar surface area (TPSA) is 52.7 Å². The molecule has 1 aromatic rings. The summed E-state index contributed by atoms with van der Waals surface area (Å²) < 4.78 is 0. The second kappa shape index (κ2) is 4.37. The van der Waals surface area contributed by atoms with E-state index in [1.54, 1.807) is 0 Å². The number of imide groups is 1. The normalized spacial score (nSPS) is 26.6. The molecule has 110 valence electrons. The van der Waals surface area contributed by atoms with Crippen molar-refractivity contribution < 1.29 is 9.59 Å². The lowest BCUT2D eigenvalue weighted by molar-refractivity contribution is -0.129. The Morgan fingerprint density at radius 1 is 1.29 bits per heavy atom. The Labute approximate surface area is 127 Å². The van der Waals surface area contributed by atoms with Crippen LogP contribution in [0.1, 0.15) is 19.3 Å². The smallest absolute Gasteiger partial charge is 0.325 e. The molecule has 1 atom stereocenters. The van der Waals surface area contributed by atoms with Crippen LogP contribution in [0, 0.1) is 0 Å². The Kier molecular flexibility index (Phi) is 2.70. The van der Waals surface area contributed by atoms with Crippen LogP contribution < -0.4 is 10.2 Å². The molecule has 0 aromatic heterocycles. The van der Waals surface area contributed by atoms with Gasteiger partial charge in [0, 0.05) is 23.8 Å². The van der Waals surface area contributed by atoms with Gasteiger partial charge in [-0.05, 0) is 37.5 Å². The SMILES string of the molecule is O=C1NC2(CC2)C(=O)N1C1CCN(c2cccc(Cl)c2)C1. The van der Waals surface area contributed by atoms with E-state index in [0.29, 0.717) is 11.6 Å². The first-order valence-corrected chi connectivity index (χ1v) is 7.63. The first-order valence-electron chi connectivity index (χ1n) is 7.25. The maximum atomic E-state index is 12.4. The van der Waals surface area contributed by atoms with Crippen LogP contribution in [0.25, 0.3) is 0 Å². The summed E-state index contributed by atoms with van der Waals surface area (Å²) in [6, 6.07) is 7.40. The standard InChI is InChI=1S/C15H16ClN3O2/c16-10-2-1-3-11(8-10)18-7-4-12(9-18)19-13(20)15(5-6-15)17-14(19)21/h1-3,8,12H,4-7,9H2,(H,17,21). The van der Waals surface area contributed by atoms with Gasteiger partial charge < -0.3 is 10.2 Å². The Morgan fingerprint density at radius 2 is 2.10 bits per heavy atom. The molecule has 3 aliphatic rings. The van der Waals surface area contributed by atoms with Crippen molar-refractivity contribution in [1.82, 2.24) is 10.2 Å². The summed E-state index contributed by atoms with van der Waals surface area (Å²) in [5.74, 6) is -0.0366. The maximum absolute atomic E-state index is 12.4. The van der Waals surface area contributed by atoms with Gasteiger partial charge in [0.25, 0.3) is 5.91 Å². The molecule has 2 heterocycles. The van der Waals surface area contributed by atoms with Crippen molar-refractivity contribution in [2.75, 3.05) is 18.0 Å². The average molecular weight is 306 g/mol. The van der Waals surface area contributed by atoms with Crippen LogP contribution >= 0.6 is 11.6 Å². The molecule has 6 heteroatoms. The third-order valence-electron chi connectivity index (χ3n) is 4.65. The molecular formula is C15H16ClN3O2. The van der Waals surface area contributed by atoms with Crippen molar-refractivity contribution in [3.05, 3.63) is 29.3 Å². The molecule has 2 aliphatic heterocycles. The minimum atomic E-state index is -0.555. The number of rotatable bonds is 2. The molecule has 5 nitrogen and oxygen atoms in total. The summed E-state index contributed by atoms with van der Waals surface area (Å²) in [7, 11) is 0. The van der Waals surface area contributed by atoms with Gasteiger partial charge >= 0.3 is 6.03 Å². The number of carbonyl (C=O) groups excluding carboxylic acids is 2. The van der Waals surface area contributed by atoms with Gasteiger partial charge in [0.15, 0.2) is 0 Å². The Morgan fingerprint density at radius 3 is 2.76 bits per heavy atom. The van der Waals surface area contributed by atoms with E-state index in [0.717, 1.165) is 31.5 Å². The van der Waals surface area contributed by atoms with Crippen LogP contribution in [0.15, 0.2) is 24.3 Å². The number of carbonyl (C=O) groups is 2. The zero-order chi connectivity index (χ0) is 14.6. The summed E-state index contributed by atoms with van der Waals surface area (Å²) in [4.78, 5) is 28.1. The summed E-state index contributed by atoms with van der Waals surface area (Å²) in [6.45, 7) is 1.50. The van der Waals surface area contributed by atoms with E-state index in [1.165, 1.54) is 4.90 Å². The minimum Gasteiger partial charge on any atom is -0.369 e. The second-order valence-electron chi connectivity index (χ2n) is 6.06. The van der Waals surface area contributed by atoms with Gasteiger partial charge in [-0.2, -0.15) is 0 Å². The van der Waals surface area contributed by atoms with Gasteiger partial charge in [0.05, 0.1) is 6.04 Å². The van der Waals surface area contributed by atoms with Crippen LogP contribution in [-0.4, -0.2) is 41.5 Å². The third kappa shape index (κ3) is 1.99. The van der Waals surface area contributed by atoms with Crippen molar-refractivity contribution in [2.45, 2.75) is 30.8 Å². The highest BCUT2D eigenvalue weighted by Gasteiger charge is 2.61. The first kappa shape index (κ1) is 13.0. The Hall–Kier alpha value is -1.75. The number of hydrogen-bond donors (Lipinski definition) is 1. The highest BCUT2D eigenvalue weighted by molar-refractivity contribution is 6.30. The summed E-state index contributed by atoms with van der Waals surface area (Å²) >= 11 is 6.02. The van der Waals surface area contributed by atoms with Crippen molar-refractivity contribution >= 4 is 29.2 Å². The number of amides is 3. The van der Waals surface area contributed by atoms with Crippen LogP contribution in [0.3, 0.4) is 0 Å². The molecule has 1 aromatic carbocycles. The molecule has 1 unspecified atom stereocenters. The van der Waals surface area contributed by atoms with Gasteiger partial charge in [0.2, 0.25) is 0 Å². The van der Waals surface area contributed by atoms with Gasteiger partial charge in [-0.3, -0.25) is 9.69 Å². The van der Waals surface area contributed by atoms with Crippen LogP contribution in [0.4, 0.5) is 10.5 Å². The van der Waals surface area contributed by atoms with Crippen LogP contribution in [-0.2, 0) is 4.79 Å². The van der Waals surface area contributed by atoms with E-state index in [9.17, 15) is 9.59 Å². The number of nitrogens with one attached hydrogen (secondary N) is 1. The number of anilines is 1. The van der Waals surface area contributed by atoms with Crippen molar-refractivity contribution in [3.63, 3.8) is 0 Å². The zero-order valence-corrected chi connectivity index (χ0v) is 12.3. The van der Waals surface area contributed by atoms with Gasteiger partial charge in [0.1, 0.15) is 5.54 Å². The van der Waals surface area contributed by atoms with Crippen LogP contribution in [0.5, 0.6) is 0 Å². The number of halogens is 1. The van der Waals surface area contributed by atoms with Gasteiger partial charge in [-0.1, -0.05) is 17.7 Å². The predicted octanol–water partition coefficient (Wildman–Crippen LogP) is 2.00. The number of benzene rings is 1. The van der Waals surface area contributed by atoms with E-state index >= 15 is 0 Å². The van der Waals surface area contributed by atoms with E-state index in [-0.39, 0.29) is 18.0 Å². The van der Waals surface area contributed by atoms with E-state index in [1.807, 2.05) is 24.3 Å². The summed E-state index contributed by atoms with van der Waals surface area (Å²) in [5.41, 5.74) is 0.485. The average Bonchev–Trinajstić information content (AvgIpc) is 2.99. The summed E-state index contributed by atoms with van der Waals surface area (Å²) in [5, 5.41) is 3.54. The van der Waals surface area contributed by atoms with E-state index < -0.39 is 5.54 Å². The Bertz CT molecular complexity index is 629. The maximum Gasteiger partial charge on any atom is 0.325 e.